The molecule has 0 amide bonds. The van der Waals surface area contributed by atoms with Gasteiger partial charge in [0.1, 0.15) is 5.82 Å². The van der Waals surface area contributed by atoms with Gasteiger partial charge in [0.15, 0.2) is 5.96 Å². The zero-order chi connectivity index (χ0) is 19.9. The Balaban J connectivity index is 1.51. The number of halogens is 1. The number of aliphatic imine (C=N–C) groups is 1. The van der Waals surface area contributed by atoms with Gasteiger partial charge in [0.05, 0.1) is 0 Å². The van der Waals surface area contributed by atoms with Crippen LogP contribution in [-0.2, 0) is 13.1 Å². The van der Waals surface area contributed by atoms with E-state index in [2.05, 4.69) is 20.1 Å². The van der Waals surface area contributed by atoms with Gasteiger partial charge in [-0.05, 0) is 70.1 Å². The van der Waals surface area contributed by atoms with Crippen molar-refractivity contribution in [2.75, 3.05) is 53.9 Å². The van der Waals surface area contributed by atoms with Crippen molar-refractivity contribution in [3.63, 3.8) is 0 Å². The molecule has 0 spiro atoms. The normalized spacial score (nSPS) is 21.5. The summed E-state index contributed by atoms with van der Waals surface area (Å²) in [5.41, 5.74) is 1.82. The Morgan fingerprint density at radius 2 is 2.00 bits per heavy atom. The van der Waals surface area contributed by atoms with Crippen molar-refractivity contribution in [3.05, 3.63) is 35.1 Å². The standard InChI is InChI=1S/C22H36FN5/c1-24-22(25-14-18-7-8-21(23)20(13-18)17-26(2)3)28-12-9-19(16-28)15-27-10-5-4-6-11-27/h7-8,13,19H,4-6,9-12,14-17H2,1-3H3,(H,24,25). The summed E-state index contributed by atoms with van der Waals surface area (Å²) in [5, 5.41) is 3.48. The second-order valence-corrected chi connectivity index (χ2v) is 8.53. The Morgan fingerprint density at radius 3 is 2.71 bits per heavy atom. The second kappa shape index (κ2) is 10.2. The number of piperidine rings is 1. The van der Waals surface area contributed by atoms with E-state index in [1.807, 2.05) is 38.2 Å². The molecule has 0 aliphatic carbocycles. The topological polar surface area (TPSA) is 34.1 Å². The quantitative estimate of drug-likeness (QED) is 0.599. The van der Waals surface area contributed by atoms with Crippen LogP contribution in [0.15, 0.2) is 23.2 Å². The van der Waals surface area contributed by atoms with Crippen LogP contribution in [0, 0.1) is 11.7 Å². The zero-order valence-corrected chi connectivity index (χ0v) is 17.8. The van der Waals surface area contributed by atoms with Crippen LogP contribution in [0.1, 0.15) is 36.8 Å². The molecule has 1 atom stereocenters. The highest BCUT2D eigenvalue weighted by molar-refractivity contribution is 5.80. The number of hydrogen-bond acceptors (Lipinski definition) is 3. The van der Waals surface area contributed by atoms with E-state index in [-0.39, 0.29) is 5.82 Å². The number of nitrogens with one attached hydrogen (secondary N) is 1. The summed E-state index contributed by atoms with van der Waals surface area (Å²) in [6.07, 6.45) is 5.34. The minimum absolute atomic E-state index is 0.137. The van der Waals surface area contributed by atoms with Crippen molar-refractivity contribution in [1.29, 1.82) is 0 Å². The molecule has 0 radical (unpaired) electrons. The van der Waals surface area contributed by atoms with Crippen LogP contribution >= 0.6 is 0 Å². The van der Waals surface area contributed by atoms with Gasteiger partial charge in [-0.3, -0.25) is 4.99 Å². The van der Waals surface area contributed by atoms with Crippen LogP contribution in [0.4, 0.5) is 4.39 Å². The number of hydrogen-bond donors (Lipinski definition) is 1. The number of guanidine groups is 1. The van der Waals surface area contributed by atoms with Crippen molar-refractivity contribution >= 4 is 5.96 Å². The molecule has 1 aromatic carbocycles. The molecule has 2 fully saturated rings. The van der Waals surface area contributed by atoms with E-state index in [0.717, 1.165) is 36.1 Å². The maximum Gasteiger partial charge on any atom is 0.193 e. The van der Waals surface area contributed by atoms with Gasteiger partial charge in [0.2, 0.25) is 0 Å². The largest absolute Gasteiger partial charge is 0.352 e. The lowest BCUT2D eigenvalue weighted by atomic mass is 10.1. The van der Waals surface area contributed by atoms with Crippen molar-refractivity contribution in [3.8, 4) is 0 Å². The Hall–Kier alpha value is -1.66. The average molecular weight is 390 g/mol. The van der Waals surface area contributed by atoms with E-state index in [4.69, 9.17) is 0 Å². The lowest BCUT2D eigenvalue weighted by Crippen LogP contribution is -2.41. The predicted octanol–water partition coefficient (Wildman–Crippen LogP) is 2.77. The Labute approximate surface area is 169 Å². The van der Waals surface area contributed by atoms with Gasteiger partial charge < -0.3 is 20.0 Å². The first-order chi connectivity index (χ1) is 13.5. The fourth-order valence-electron chi connectivity index (χ4n) is 4.39. The monoisotopic (exact) mass is 389 g/mol. The van der Waals surface area contributed by atoms with E-state index in [1.54, 1.807) is 6.07 Å². The highest BCUT2D eigenvalue weighted by Gasteiger charge is 2.26. The predicted molar refractivity (Wildman–Crippen MR) is 114 cm³/mol. The minimum Gasteiger partial charge on any atom is -0.352 e. The maximum absolute atomic E-state index is 14.0. The fourth-order valence-corrected chi connectivity index (χ4v) is 4.39. The number of likely N-dealkylation sites (tertiary alicyclic amines) is 2. The molecule has 5 nitrogen and oxygen atoms in total. The molecule has 3 rings (SSSR count). The molecule has 0 aromatic heterocycles. The minimum atomic E-state index is -0.137. The molecule has 2 aliphatic rings. The summed E-state index contributed by atoms with van der Waals surface area (Å²) in [6.45, 7) is 7.17. The van der Waals surface area contributed by atoms with Gasteiger partial charge in [0.25, 0.3) is 0 Å². The van der Waals surface area contributed by atoms with Gasteiger partial charge in [-0.1, -0.05) is 12.5 Å². The van der Waals surface area contributed by atoms with Gasteiger partial charge in [-0.25, -0.2) is 4.39 Å². The van der Waals surface area contributed by atoms with E-state index in [0.29, 0.717) is 13.1 Å². The van der Waals surface area contributed by atoms with Crippen LogP contribution in [0.3, 0.4) is 0 Å². The lowest BCUT2D eigenvalue weighted by Gasteiger charge is -2.29. The van der Waals surface area contributed by atoms with E-state index < -0.39 is 0 Å². The molecular formula is C22H36FN5. The van der Waals surface area contributed by atoms with Gasteiger partial charge >= 0.3 is 0 Å². The molecule has 2 aliphatic heterocycles. The third-order valence-electron chi connectivity index (χ3n) is 5.81. The highest BCUT2D eigenvalue weighted by atomic mass is 19.1. The summed E-state index contributed by atoms with van der Waals surface area (Å²) in [6, 6.07) is 5.39. The molecule has 1 unspecified atom stereocenters. The van der Waals surface area contributed by atoms with E-state index in [1.165, 1.54) is 45.3 Å². The summed E-state index contributed by atoms with van der Waals surface area (Å²) in [5.74, 6) is 1.55. The molecular weight excluding hydrogens is 353 g/mol. The SMILES string of the molecule is CN=C(NCc1ccc(F)c(CN(C)C)c1)N1CCC(CN2CCCCC2)C1. The molecule has 1 aromatic rings. The Kier molecular flexibility index (Phi) is 7.68. The lowest BCUT2D eigenvalue weighted by molar-refractivity contribution is 0.198. The molecule has 0 saturated carbocycles. The molecule has 2 heterocycles. The van der Waals surface area contributed by atoms with Crippen molar-refractivity contribution in [2.24, 2.45) is 10.9 Å². The van der Waals surface area contributed by atoms with Crippen LogP contribution in [0.2, 0.25) is 0 Å². The molecule has 28 heavy (non-hydrogen) atoms. The highest BCUT2D eigenvalue weighted by Crippen LogP contribution is 2.20. The van der Waals surface area contributed by atoms with Crippen molar-refractivity contribution < 1.29 is 4.39 Å². The fraction of sp³-hybridized carbons (Fsp3) is 0.682. The van der Waals surface area contributed by atoms with Crippen molar-refractivity contribution in [2.45, 2.75) is 38.8 Å². The first kappa shape index (κ1) is 21.1. The van der Waals surface area contributed by atoms with Crippen molar-refractivity contribution in [1.82, 2.24) is 20.0 Å². The third kappa shape index (κ3) is 5.92. The Bertz CT molecular complexity index is 654. The van der Waals surface area contributed by atoms with E-state index in [9.17, 15) is 4.39 Å². The van der Waals surface area contributed by atoms with Gasteiger partial charge in [-0.15, -0.1) is 0 Å². The average Bonchev–Trinajstić information content (AvgIpc) is 3.13. The molecule has 0 bridgehead atoms. The van der Waals surface area contributed by atoms with E-state index >= 15 is 0 Å². The molecule has 156 valence electrons. The smallest absolute Gasteiger partial charge is 0.193 e. The third-order valence-corrected chi connectivity index (χ3v) is 5.81. The van der Waals surface area contributed by atoms with Crippen LogP contribution in [-0.4, -0.2) is 74.5 Å². The summed E-state index contributed by atoms with van der Waals surface area (Å²) in [7, 11) is 5.77. The first-order valence-electron chi connectivity index (χ1n) is 10.6. The number of nitrogens with zero attached hydrogens (tertiary/aromatic N) is 4. The molecule has 6 heteroatoms. The summed E-state index contributed by atoms with van der Waals surface area (Å²) in [4.78, 5) is 11.5. The second-order valence-electron chi connectivity index (χ2n) is 8.53. The maximum atomic E-state index is 14.0. The van der Waals surface area contributed by atoms with Crippen LogP contribution in [0.5, 0.6) is 0 Å². The number of benzene rings is 1. The van der Waals surface area contributed by atoms with Crippen LogP contribution < -0.4 is 5.32 Å². The van der Waals surface area contributed by atoms with Crippen LogP contribution in [0.25, 0.3) is 0 Å². The zero-order valence-electron chi connectivity index (χ0n) is 17.8. The number of rotatable bonds is 6. The molecule has 2 saturated heterocycles. The van der Waals surface area contributed by atoms with Gasteiger partial charge in [0, 0.05) is 45.3 Å². The summed E-state index contributed by atoms with van der Waals surface area (Å²) < 4.78 is 14.0. The molecule has 1 N–H and O–H groups in total. The van der Waals surface area contributed by atoms with Gasteiger partial charge in [-0.2, -0.15) is 0 Å². The first-order valence-corrected chi connectivity index (χ1v) is 10.6. The Morgan fingerprint density at radius 1 is 1.21 bits per heavy atom. The summed E-state index contributed by atoms with van der Waals surface area (Å²) >= 11 is 0.